The molecule has 2 N–H and O–H groups in total. The Hall–Kier alpha value is -1.17. The van der Waals surface area contributed by atoms with Crippen LogP contribution in [0.1, 0.15) is 23.2 Å². The Morgan fingerprint density at radius 1 is 1.47 bits per heavy atom. The van der Waals surface area contributed by atoms with Crippen LogP contribution in [0.4, 0.5) is 4.39 Å². The molecule has 0 radical (unpaired) electrons. The second-order valence-corrected chi connectivity index (χ2v) is 5.07. The number of rotatable bonds is 3. The molecule has 2 rings (SSSR count). The van der Waals surface area contributed by atoms with Gasteiger partial charge in [-0.25, -0.2) is 4.39 Å². The predicted molar refractivity (Wildman–Crippen MR) is 68.7 cm³/mol. The smallest absolute Gasteiger partial charge is 0.254 e. The van der Waals surface area contributed by atoms with E-state index in [1.807, 2.05) is 0 Å². The van der Waals surface area contributed by atoms with Crippen LogP contribution in [-0.2, 0) is 4.74 Å². The van der Waals surface area contributed by atoms with Crippen molar-refractivity contribution < 1.29 is 19.0 Å². The van der Waals surface area contributed by atoms with E-state index in [4.69, 9.17) is 16.3 Å². The molecule has 104 valence electrons. The van der Waals surface area contributed by atoms with Crippen LogP contribution in [0.15, 0.2) is 18.2 Å². The third kappa shape index (κ3) is 3.23. The van der Waals surface area contributed by atoms with E-state index in [0.717, 1.165) is 6.07 Å². The van der Waals surface area contributed by atoms with Gasteiger partial charge in [-0.3, -0.25) is 4.79 Å². The molecular weight excluding hydrogens is 273 g/mol. The Morgan fingerprint density at radius 3 is 2.79 bits per heavy atom. The third-order valence-corrected chi connectivity index (χ3v) is 3.54. The van der Waals surface area contributed by atoms with Crippen LogP contribution in [0.3, 0.4) is 0 Å². The first kappa shape index (κ1) is 14.2. The molecule has 1 aromatic carbocycles. The zero-order chi connectivity index (χ0) is 13.9. The average Bonchev–Trinajstić information content (AvgIpc) is 2.42. The van der Waals surface area contributed by atoms with Gasteiger partial charge in [-0.15, -0.1) is 0 Å². The van der Waals surface area contributed by atoms with Crippen molar-refractivity contribution in [2.75, 3.05) is 19.8 Å². The first-order chi connectivity index (χ1) is 9.06. The molecule has 1 heterocycles. The lowest BCUT2D eigenvalue weighted by Gasteiger charge is -2.36. The highest BCUT2D eigenvalue weighted by Crippen LogP contribution is 2.22. The summed E-state index contributed by atoms with van der Waals surface area (Å²) >= 11 is 5.76. The van der Waals surface area contributed by atoms with Gasteiger partial charge in [0.2, 0.25) is 0 Å². The number of benzene rings is 1. The summed E-state index contributed by atoms with van der Waals surface area (Å²) in [6, 6.07) is 3.80. The van der Waals surface area contributed by atoms with Gasteiger partial charge in [-0.05, 0) is 31.0 Å². The number of aliphatic hydroxyl groups is 1. The van der Waals surface area contributed by atoms with Gasteiger partial charge in [-0.2, -0.15) is 0 Å². The normalized spacial score (nSPS) is 18.1. The number of carbonyl (C=O) groups is 1. The van der Waals surface area contributed by atoms with Crippen LogP contribution >= 0.6 is 11.6 Å². The fourth-order valence-corrected chi connectivity index (χ4v) is 2.24. The van der Waals surface area contributed by atoms with Crippen molar-refractivity contribution in [1.82, 2.24) is 5.32 Å². The molecule has 0 aromatic heterocycles. The second-order valence-electron chi connectivity index (χ2n) is 4.63. The molecule has 0 spiro atoms. The van der Waals surface area contributed by atoms with Gasteiger partial charge in [0.25, 0.3) is 5.91 Å². The minimum atomic E-state index is -0.746. The molecule has 4 nitrogen and oxygen atoms in total. The van der Waals surface area contributed by atoms with Crippen LogP contribution in [0.5, 0.6) is 0 Å². The van der Waals surface area contributed by atoms with E-state index in [1.54, 1.807) is 0 Å². The third-order valence-electron chi connectivity index (χ3n) is 3.30. The van der Waals surface area contributed by atoms with E-state index < -0.39 is 17.3 Å². The molecule has 1 amide bonds. The van der Waals surface area contributed by atoms with Crippen molar-refractivity contribution in [2.24, 2.45) is 0 Å². The van der Waals surface area contributed by atoms with Crippen molar-refractivity contribution in [3.63, 3.8) is 0 Å². The number of halogens is 2. The first-order valence-electron chi connectivity index (χ1n) is 6.02. The van der Waals surface area contributed by atoms with E-state index >= 15 is 0 Å². The number of hydrogen-bond acceptors (Lipinski definition) is 3. The quantitative estimate of drug-likeness (QED) is 0.890. The van der Waals surface area contributed by atoms with Gasteiger partial charge in [0.05, 0.1) is 17.7 Å². The molecular formula is C13H15ClFNO3. The van der Waals surface area contributed by atoms with E-state index in [2.05, 4.69) is 5.32 Å². The number of amides is 1. The molecule has 0 aliphatic carbocycles. The van der Waals surface area contributed by atoms with E-state index in [0.29, 0.717) is 26.1 Å². The number of ether oxygens (including phenoxy) is 1. The van der Waals surface area contributed by atoms with Crippen molar-refractivity contribution >= 4 is 17.5 Å². The number of aliphatic hydroxyl groups excluding tert-OH is 1. The lowest BCUT2D eigenvalue weighted by atomic mass is 9.90. The topological polar surface area (TPSA) is 58.6 Å². The van der Waals surface area contributed by atoms with Crippen LogP contribution in [-0.4, -0.2) is 36.4 Å². The summed E-state index contributed by atoms with van der Waals surface area (Å²) in [5.41, 5.74) is -0.865. The summed E-state index contributed by atoms with van der Waals surface area (Å²) in [6.45, 7) is 0.710. The highest BCUT2D eigenvalue weighted by Gasteiger charge is 2.34. The van der Waals surface area contributed by atoms with Gasteiger partial charge >= 0.3 is 0 Å². The Morgan fingerprint density at radius 2 is 2.16 bits per heavy atom. The molecule has 1 saturated heterocycles. The molecule has 0 saturated carbocycles. The van der Waals surface area contributed by atoms with Crippen molar-refractivity contribution in [1.29, 1.82) is 0 Å². The first-order valence-corrected chi connectivity index (χ1v) is 6.40. The molecule has 1 aliphatic rings. The minimum Gasteiger partial charge on any atom is -0.394 e. The van der Waals surface area contributed by atoms with Crippen molar-refractivity contribution in [2.45, 2.75) is 18.4 Å². The van der Waals surface area contributed by atoms with Gasteiger partial charge in [0.1, 0.15) is 5.82 Å². The number of nitrogens with one attached hydrogen (secondary N) is 1. The molecule has 0 atom stereocenters. The molecule has 1 aliphatic heterocycles. The Balaban J connectivity index is 2.17. The van der Waals surface area contributed by atoms with Crippen molar-refractivity contribution in [3.8, 4) is 0 Å². The van der Waals surface area contributed by atoms with E-state index in [1.165, 1.54) is 12.1 Å². The molecule has 0 unspecified atom stereocenters. The SMILES string of the molecule is O=C(NC1(CO)CCOCC1)c1cc(Cl)ccc1F. The zero-order valence-electron chi connectivity index (χ0n) is 10.3. The molecule has 1 fully saturated rings. The molecule has 0 bridgehead atoms. The van der Waals surface area contributed by atoms with Gasteiger partial charge in [0, 0.05) is 18.2 Å². The summed E-state index contributed by atoms with van der Waals surface area (Å²) in [4.78, 5) is 12.1. The van der Waals surface area contributed by atoms with Crippen LogP contribution in [0, 0.1) is 5.82 Å². The second kappa shape index (κ2) is 5.86. The van der Waals surface area contributed by atoms with E-state index in [-0.39, 0.29) is 17.2 Å². The molecule has 6 heteroatoms. The number of carbonyl (C=O) groups excluding carboxylic acids is 1. The Labute approximate surface area is 115 Å². The maximum absolute atomic E-state index is 13.6. The predicted octanol–water partition coefficient (Wildman–Crippen LogP) is 1.75. The average molecular weight is 288 g/mol. The zero-order valence-corrected chi connectivity index (χ0v) is 11.0. The van der Waals surface area contributed by atoms with Gasteiger partial charge in [-0.1, -0.05) is 11.6 Å². The lowest BCUT2D eigenvalue weighted by molar-refractivity contribution is 0.0124. The Kier molecular flexibility index (Phi) is 4.39. The standard InChI is InChI=1S/C13H15ClFNO3/c14-9-1-2-11(15)10(7-9)12(18)16-13(8-17)3-5-19-6-4-13/h1-2,7,17H,3-6,8H2,(H,16,18). The van der Waals surface area contributed by atoms with Crippen LogP contribution in [0.25, 0.3) is 0 Å². The summed E-state index contributed by atoms with van der Waals surface area (Å²) in [7, 11) is 0. The largest absolute Gasteiger partial charge is 0.394 e. The summed E-state index contributed by atoms with van der Waals surface area (Å²) in [5.74, 6) is -1.21. The van der Waals surface area contributed by atoms with Gasteiger partial charge in [0.15, 0.2) is 0 Å². The fourth-order valence-electron chi connectivity index (χ4n) is 2.06. The van der Waals surface area contributed by atoms with Crippen LogP contribution in [0.2, 0.25) is 5.02 Å². The number of hydrogen-bond donors (Lipinski definition) is 2. The highest BCUT2D eigenvalue weighted by molar-refractivity contribution is 6.31. The maximum Gasteiger partial charge on any atom is 0.254 e. The highest BCUT2D eigenvalue weighted by atomic mass is 35.5. The lowest BCUT2D eigenvalue weighted by Crippen LogP contribution is -2.54. The Bertz CT molecular complexity index is 475. The summed E-state index contributed by atoms with van der Waals surface area (Å²) in [6.07, 6.45) is 0.995. The maximum atomic E-state index is 13.6. The molecule has 1 aromatic rings. The summed E-state index contributed by atoms with van der Waals surface area (Å²) in [5, 5.41) is 12.5. The van der Waals surface area contributed by atoms with Crippen molar-refractivity contribution in [3.05, 3.63) is 34.6 Å². The molecule has 19 heavy (non-hydrogen) atoms. The monoisotopic (exact) mass is 287 g/mol. The van der Waals surface area contributed by atoms with E-state index in [9.17, 15) is 14.3 Å². The van der Waals surface area contributed by atoms with Gasteiger partial charge < -0.3 is 15.2 Å². The fraction of sp³-hybridized carbons (Fsp3) is 0.462. The van der Waals surface area contributed by atoms with Crippen LogP contribution < -0.4 is 5.32 Å². The summed E-state index contributed by atoms with van der Waals surface area (Å²) < 4.78 is 18.8. The minimum absolute atomic E-state index is 0.119.